The third kappa shape index (κ3) is 2.09. The van der Waals surface area contributed by atoms with E-state index in [1.54, 1.807) is 0 Å². The minimum Gasteiger partial charge on any atom is -0.327 e. The summed E-state index contributed by atoms with van der Waals surface area (Å²) in [4.78, 5) is 4.61. The maximum Gasteiger partial charge on any atom is 0.177 e. The Bertz CT molecular complexity index is 577. The number of imidazole rings is 1. The SMILES string of the molecule is NC1CCn2c(Br)nc(-c3ccc(Cl)cc3)c2C1. The molecule has 0 saturated heterocycles. The molecule has 1 aliphatic heterocycles. The average molecular weight is 327 g/mol. The van der Waals surface area contributed by atoms with Crippen LogP contribution in [0.2, 0.25) is 5.02 Å². The largest absolute Gasteiger partial charge is 0.327 e. The van der Waals surface area contributed by atoms with E-state index in [4.69, 9.17) is 17.3 Å². The quantitative estimate of drug-likeness (QED) is 0.874. The van der Waals surface area contributed by atoms with E-state index < -0.39 is 0 Å². The third-order valence-electron chi connectivity index (χ3n) is 3.32. The molecule has 2 aromatic rings. The summed E-state index contributed by atoms with van der Waals surface area (Å²) in [5.74, 6) is 0. The van der Waals surface area contributed by atoms with E-state index in [0.717, 1.165) is 40.4 Å². The van der Waals surface area contributed by atoms with Gasteiger partial charge in [-0.15, -0.1) is 0 Å². The summed E-state index contributed by atoms with van der Waals surface area (Å²) >= 11 is 9.44. The number of benzene rings is 1. The lowest BCUT2D eigenvalue weighted by molar-refractivity contribution is 0.467. The Labute approximate surface area is 119 Å². The molecule has 0 aliphatic carbocycles. The van der Waals surface area contributed by atoms with Gasteiger partial charge in [-0.25, -0.2) is 4.98 Å². The molecule has 1 atom stereocenters. The van der Waals surface area contributed by atoms with Crippen LogP contribution in [0.25, 0.3) is 11.3 Å². The van der Waals surface area contributed by atoms with Crippen LogP contribution >= 0.6 is 27.5 Å². The summed E-state index contributed by atoms with van der Waals surface area (Å²) in [7, 11) is 0. The van der Waals surface area contributed by atoms with E-state index in [1.807, 2.05) is 24.3 Å². The predicted molar refractivity (Wildman–Crippen MR) is 76.7 cm³/mol. The molecule has 1 aliphatic rings. The average Bonchev–Trinajstić information content (AvgIpc) is 2.67. The predicted octanol–water partition coefficient (Wildman–Crippen LogP) is 3.24. The van der Waals surface area contributed by atoms with Gasteiger partial charge in [-0.1, -0.05) is 23.7 Å². The second kappa shape index (κ2) is 4.68. The fourth-order valence-corrected chi connectivity index (χ4v) is 3.07. The standard InChI is InChI=1S/C13H13BrClN3/c14-13-17-12(8-1-3-9(15)4-2-8)11-7-10(16)5-6-18(11)13/h1-4,10H,5-7,16H2. The number of rotatable bonds is 1. The zero-order chi connectivity index (χ0) is 12.7. The van der Waals surface area contributed by atoms with Crippen LogP contribution in [0.1, 0.15) is 12.1 Å². The topological polar surface area (TPSA) is 43.8 Å². The van der Waals surface area contributed by atoms with E-state index in [0.29, 0.717) is 0 Å². The Morgan fingerprint density at radius 2 is 2.06 bits per heavy atom. The summed E-state index contributed by atoms with van der Waals surface area (Å²) in [6, 6.07) is 8.00. The number of nitrogens with zero attached hydrogens (tertiary/aromatic N) is 2. The second-order valence-electron chi connectivity index (χ2n) is 4.59. The van der Waals surface area contributed by atoms with E-state index in [1.165, 1.54) is 5.69 Å². The number of fused-ring (bicyclic) bond motifs is 1. The molecule has 1 unspecified atom stereocenters. The normalized spacial score (nSPS) is 18.7. The van der Waals surface area contributed by atoms with Crippen LogP contribution in [0, 0.1) is 0 Å². The molecule has 0 fully saturated rings. The van der Waals surface area contributed by atoms with Crippen molar-refractivity contribution in [3.8, 4) is 11.3 Å². The van der Waals surface area contributed by atoms with E-state index in [2.05, 4.69) is 25.5 Å². The van der Waals surface area contributed by atoms with E-state index in [9.17, 15) is 0 Å². The van der Waals surface area contributed by atoms with Gasteiger partial charge in [-0.3, -0.25) is 0 Å². The molecule has 3 nitrogen and oxygen atoms in total. The first-order valence-corrected chi connectivity index (χ1v) is 7.08. The maximum atomic E-state index is 6.05. The highest BCUT2D eigenvalue weighted by Gasteiger charge is 2.23. The zero-order valence-corrected chi connectivity index (χ0v) is 12.1. The molecule has 5 heteroatoms. The van der Waals surface area contributed by atoms with Crippen molar-refractivity contribution in [2.75, 3.05) is 0 Å². The van der Waals surface area contributed by atoms with Gasteiger partial charge in [0.1, 0.15) is 0 Å². The Balaban J connectivity index is 2.10. The van der Waals surface area contributed by atoms with E-state index >= 15 is 0 Å². The van der Waals surface area contributed by atoms with Crippen molar-refractivity contribution in [2.24, 2.45) is 5.73 Å². The van der Waals surface area contributed by atoms with Crippen LogP contribution in [0.3, 0.4) is 0 Å². The first kappa shape index (κ1) is 12.2. The molecular weight excluding hydrogens is 314 g/mol. The monoisotopic (exact) mass is 325 g/mol. The Morgan fingerprint density at radius 1 is 1.33 bits per heavy atom. The van der Waals surface area contributed by atoms with Crippen LogP contribution in [-0.4, -0.2) is 15.6 Å². The Morgan fingerprint density at radius 3 is 2.78 bits per heavy atom. The van der Waals surface area contributed by atoms with E-state index in [-0.39, 0.29) is 6.04 Å². The number of hydrogen-bond acceptors (Lipinski definition) is 2. The van der Waals surface area contributed by atoms with Crippen molar-refractivity contribution in [1.29, 1.82) is 0 Å². The molecule has 2 N–H and O–H groups in total. The Hall–Kier alpha value is -0.840. The van der Waals surface area contributed by atoms with Crippen LogP contribution in [0.4, 0.5) is 0 Å². The number of aromatic nitrogens is 2. The Kier molecular flexibility index (Phi) is 3.18. The highest BCUT2D eigenvalue weighted by atomic mass is 79.9. The molecule has 0 saturated carbocycles. The molecule has 0 amide bonds. The van der Waals surface area contributed by atoms with Crippen molar-refractivity contribution in [3.63, 3.8) is 0 Å². The van der Waals surface area contributed by atoms with Gasteiger partial charge in [0.05, 0.1) is 5.69 Å². The van der Waals surface area contributed by atoms with Crippen molar-refractivity contribution < 1.29 is 0 Å². The maximum absolute atomic E-state index is 6.05. The lowest BCUT2D eigenvalue weighted by atomic mass is 10.0. The molecule has 0 bridgehead atoms. The minimum atomic E-state index is 0.229. The summed E-state index contributed by atoms with van der Waals surface area (Å²) in [5, 5.41) is 0.739. The molecule has 94 valence electrons. The van der Waals surface area contributed by atoms with Gasteiger partial charge in [0.2, 0.25) is 0 Å². The summed E-state index contributed by atoms with van der Waals surface area (Å²) in [6.07, 6.45) is 1.87. The third-order valence-corrected chi connectivity index (χ3v) is 4.18. The number of hydrogen-bond donors (Lipinski definition) is 1. The number of nitrogens with two attached hydrogens (primary N) is 1. The molecule has 1 aromatic heterocycles. The van der Waals surface area contributed by atoms with Crippen molar-refractivity contribution in [2.45, 2.75) is 25.4 Å². The second-order valence-corrected chi connectivity index (χ2v) is 5.73. The fourth-order valence-electron chi connectivity index (χ4n) is 2.37. The zero-order valence-electron chi connectivity index (χ0n) is 9.74. The van der Waals surface area contributed by atoms with Crippen molar-refractivity contribution in [3.05, 3.63) is 39.7 Å². The van der Waals surface area contributed by atoms with Gasteiger partial charge >= 0.3 is 0 Å². The molecule has 2 heterocycles. The first-order chi connectivity index (χ1) is 8.65. The lowest BCUT2D eigenvalue weighted by Gasteiger charge is -2.21. The van der Waals surface area contributed by atoms with Crippen molar-refractivity contribution in [1.82, 2.24) is 9.55 Å². The van der Waals surface area contributed by atoms with Gasteiger partial charge in [-0.2, -0.15) is 0 Å². The molecule has 0 spiro atoms. The van der Waals surface area contributed by atoms with Gasteiger partial charge in [0.15, 0.2) is 4.73 Å². The van der Waals surface area contributed by atoms with Gasteiger partial charge in [-0.05, 0) is 34.5 Å². The smallest absolute Gasteiger partial charge is 0.177 e. The minimum absolute atomic E-state index is 0.229. The van der Waals surface area contributed by atoms with Gasteiger partial charge < -0.3 is 10.3 Å². The summed E-state index contributed by atoms with van der Waals surface area (Å²) in [5.41, 5.74) is 9.36. The van der Waals surface area contributed by atoms with Crippen LogP contribution < -0.4 is 5.73 Å². The first-order valence-electron chi connectivity index (χ1n) is 5.91. The van der Waals surface area contributed by atoms with Crippen LogP contribution in [-0.2, 0) is 13.0 Å². The fraction of sp³-hybridized carbons (Fsp3) is 0.308. The molecule has 3 rings (SSSR count). The lowest BCUT2D eigenvalue weighted by Crippen LogP contribution is -2.30. The van der Waals surface area contributed by atoms with Gasteiger partial charge in [0, 0.05) is 35.3 Å². The molecular formula is C13H13BrClN3. The molecule has 1 aromatic carbocycles. The highest BCUT2D eigenvalue weighted by molar-refractivity contribution is 9.10. The van der Waals surface area contributed by atoms with Crippen LogP contribution in [0.15, 0.2) is 29.0 Å². The highest BCUT2D eigenvalue weighted by Crippen LogP contribution is 2.31. The molecule has 18 heavy (non-hydrogen) atoms. The van der Waals surface area contributed by atoms with Gasteiger partial charge in [0.25, 0.3) is 0 Å². The summed E-state index contributed by atoms with van der Waals surface area (Å²) in [6.45, 7) is 0.928. The number of halogens is 2. The van der Waals surface area contributed by atoms with Crippen LogP contribution in [0.5, 0.6) is 0 Å². The molecule has 0 radical (unpaired) electrons. The summed E-state index contributed by atoms with van der Waals surface area (Å²) < 4.78 is 3.09. The van der Waals surface area contributed by atoms with Crippen molar-refractivity contribution >= 4 is 27.5 Å².